The summed E-state index contributed by atoms with van der Waals surface area (Å²) in [6, 6.07) is 8.95. The third-order valence-corrected chi connectivity index (χ3v) is 7.06. The predicted molar refractivity (Wildman–Crippen MR) is 148 cm³/mol. The van der Waals surface area contributed by atoms with Gasteiger partial charge in [0.15, 0.2) is 0 Å². The maximum absolute atomic E-state index is 14.1. The monoisotopic (exact) mass is 563 g/mol. The van der Waals surface area contributed by atoms with Crippen LogP contribution in [0.1, 0.15) is 40.5 Å². The molecule has 0 saturated carbocycles. The number of hydrogen-bond acceptors (Lipinski definition) is 8. The van der Waals surface area contributed by atoms with Gasteiger partial charge in [-0.05, 0) is 44.2 Å². The Balaban J connectivity index is 2.33. The van der Waals surface area contributed by atoms with Gasteiger partial charge in [-0.1, -0.05) is 38.6 Å². The maximum Gasteiger partial charge on any atom is 0.459 e. The van der Waals surface area contributed by atoms with Crippen LogP contribution in [0.3, 0.4) is 0 Å². The summed E-state index contributed by atoms with van der Waals surface area (Å²) >= 11 is 0. The highest BCUT2D eigenvalue weighted by Crippen LogP contribution is 2.46. The van der Waals surface area contributed by atoms with Crippen LogP contribution in [0.2, 0.25) is 0 Å². The van der Waals surface area contributed by atoms with Gasteiger partial charge in [0.05, 0.1) is 24.9 Å². The van der Waals surface area contributed by atoms with E-state index in [1.54, 1.807) is 30.3 Å². The molecule has 11 nitrogen and oxygen atoms in total. The van der Waals surface area contributed by atoms with Crippen molar-refractivity contribution in [2.24, 2.45) is 5.92 Å². The smallest absolute Gasteiger partial charge is 0.459 e. The highest BCUT2D eigenvalue weighted by atomic mass is 31.2. The molecule has 0 spiro atoms. The molecule has 0 aliphatic carbocycles. The Kier molecular flexibility index (Phi) is 11.8. The molecule has 3 unspecified atom stereocenters. The van der Waals surface area contributed by atoms with Gasteiger partial charge in [-0.3, -0.25) is 18.9 Å². The average Bonchev–Trinajstić information content (AvgIpc) is 2.86. The van der Waals surface area contributed by atoms with Crippen LogP contribution in [0.5, 0.6) is 5.75 Å². The van der Waals surface area contributed by atoms with Gasteiger partial charge in [-0.15, -0.1) is 6.42 Å². The van der Waals surface area contributed by atoms with E-state index >= 15 is 0 Å². The first-order valence-electron chi connectivity index (χ1n) is 12.5. The summed E-state index contributed by atoms with van der Waals surface area (Å²) in [6.45, 7) is 11.4. The van der Waals surface area contributed by atoms with Crippen molar-refractivity contribution in [3.8, 4) is 18.1 Å². The zero-order valence-electron chi connectivity index (χ0n) is 23.0. The molecule has 0 aliphatic rings. The van der Waals surface area contributed by atoms with Gasteiger partial charge in [-0.25, -0.2) is 14.4 Å². The van der Waals surface area contributed by atoms with E-state index in [9.17, 15) is 19.3 Å². The van der Waals surface area contributed by atoms with Crippen LogP contribution >= 0.6 is 7.75 Å². The maximum atomic E-state index is 14.1. The number of aliphatic hydroxyl groups is 1. The molecule has 3 N–H and O–H groups in total. The number of nitrogens with one attached hydrogen (secondary N) is 2. The largest absolute Gasteiger partial charge is 0.494 e. The first kappa shape index (κ1) is 32.1. The lowest BCUT2D eigenvalue weighted by atomic mass is 10.0. The number of nitrogens with zero attached hydrogens (tertiary/aromatic N) is 1. The van der Waals surface area contributed by atoms with E-state index in [1.807, 2.05) is 32.7 Å². The highest BCUT2D eigenvalue weighted by molar-refractivity contribution is 7.52. The molecule has 2 aromatic rings. The number of ether oxygens (including phenoxy) is 2. The van der Waals surface area contributed by atoms with Gasteiger partial charge < -0.3 is 19.1 Å². The third-order valence-electron chi connectivity index (χ3n) is 5.50. The number of aromatic nitrogens is 2. The third kappa shape index (κ3) is 9.84. The standard InChI is InChI=1S/C27H38N3O8P/c1-8-27(33,30-15-14-25(31)28-26(30)32)17-23(35-7)18-36-39(34,38-22-12-10-9-11-13-22)29-24(16-19(2)3)21(6)37-20(4)5/h1,9-15,19-20,23-24,33H,6,16-18H2,2-5,7H3,(H,29,34)(H,28,31,32)/t23-,24?,27?,39?/m0/s1. The fourth-order valence-electron chi connectivity index (χ4n) is 3.66. The average molecular weight is 564 g/mol. The summed E-state index contributed by atoms with van der Waals surface area (Å²) in [7, 11) is -2.76. The Morgan fingerprint density at radius 3 is 2.44 bits per heavy atom. The summed E-state index contributed by atoms with van der Waals surface area (Å²) in [5, 5.41) is 14.0. The Hall–Kier alpha value is -3.13. The summed E-state index contributed by atoms with van der Waals surface area (Å²) < 4.78 is 37.7. The van der Waals surface area contributed by atoms with Crippen LogP contribution in [0, 0.1) is 18.3 Å². The van der Waals surface area contributed by atoms with Crippen LogP contribution in [0.25, 0.3) is 0 Å². The molecular weight excluding hydrogens is 525 g/mol. The quantitative estimate of drug-likeness (QED) is 0.159. The molecule has 39 heavy (non-hydrogen) atoms. The number of rotatable bonds is 16. The molecule has 0 fully saturated rings. The number of H-pyrrole nitrogens is 1. The van der Waals surface area contributed by atoms with Crippen molar-refractivity contribution in [3.05, 3.63) is 75.8 Å². The Bertz CT molecular complexity index is 1280. The minimum absolute atomic E-state index is 0.153. The summed E-state index contributed by atoms with van der Waals surface area (Å²) in [6.07, 6.45) is 5.72. The van der Waals surface area contributed by atoms with Crippen molar-refractivity contribution in [1.29, 1.82) is 0 Å². The lowest BCUT2D eigenvalue weighted by Gasteiger charge is -2.31. The number of para-hydroxylation sites is 1. The van der Waals surface area contributed by atoms with Crippen LogP contribution in [-0.2, 0) is 24.3 Å². The normalized spacial score (nSPS) is 16.1. The molecule has 0 radical (unpaired) electrons. The van der Waals surface area contributed by atoms with Crippen LogP contribution in [0.4, 0.5) is 0 Å². The minimum atomic E-state index is -4.10. The Morgan fingerprint density at radius 2 is 1.90 bits per heavy atom. The number of terminal acetylenes is 1. The van der Waals surface area contributed by atoms with Gasteiger partial charge in [0.1, 0.15) is 11.5 Å². The second kappa shape index (κ2) is 14.3. The molecule has 0 aliphatic heterocycles. The van der Waals surface area contributed by atoms with E-state index < -0.39 is 36.9 Å². The molecule has 4 atom stereocenters. The van der Waals surface area contributed by atoms with Gasteiger partial charge in [0.2, 0.25) is 5.72 Å². The molecule has 0 amide bonds. The van der Waals surface area contributed by atoms with Crippen LogP contribution in [0.15, 0.2) is 64.5 Å². The molecule has 1 aromatic carbocycles. The summed E-state index contributed by atoms with van der Waals surface area (Å²) in [5.41, 5.74) is -3.73. The first-order valence-corrected chi connectivity index (χ1v) is 14.0. The molecular formula is C27H38N3O8P. The molecule has 2 rings (SSSR count). The first-order chi connectivity index (χ1) is 18.3. The van der Waals surface area contributed by atoms with Gasteiger partial charge in [0.25, 0.3) is 5.56 Å². The molecule has 0 bridgehead atoms. The van der Waals surface area contributed by atoms with Crippen molar-refractivity contribution < 1.29 is 28.2 Å². The van der Waals surface area contributed by atoms with Crippen LogP contribution in [-0.4, -0.2) is 46.6 Å². The van der Waals surface area contributed by atoms with Gasteiger partial charge >= 0.3 is 13.4 Å². The van der Waals surface area contributed by atoms with Crippen molar-refractivity contribution in [2.45, 2.75) is 64.5 Å². The van der Waals surface area contributed by atoms with E-state index in [2.05, 4.69) is 17.6 Å². The van der Waals surface area contributed by atoms with E-state index in [4.69, 9.17) is 24.9 Å². The van der Waals surface area contributed by atoms with Crippen LogP contribution < -0.4 is 20.9 Å². The summed E-state index contributed by atoms with van der Waals surface area (Å²) in [5.74, 6) is 3.02. The lowest BCUT2D eigenvalue weighted by molar-refractivity contribution is -0.0531. The zero-order chi connectivity index (χ0) is 29.2. The molecule has 12 heteroatoms. The van der Waals surface area contributed by atoms with Crippen molar-refractivity contribution >= 4 is 7.75 Å². The second-order valence-electron chi connectivity index (χ2n) is 9.64. The van der Waals surface area contributed by atoms with E-state index in [0.717, 1.165) is 16.8 Å². The Labute approximate surface area is 228 Å². The topological polar surface area (TPSA) is 141 Å². The Morgan fingerprint density at radius 1 is 1.23 bits per heavy atom. The number of aromatic amines is 1. The molecule has 0 saturated heterocycles. The van der Waals surface area contributed by atoms with E-state index in [0.29, 0.717) is 17.9 Å². The predicted octanol–water partition coefficient (Wildman–Crippen LogP) is 3.37. The SMILES string of the molecule is C#CC(O)(C[C@@H](COP(=O)(NC(CC(C)C)C(=C)OC(C)C)Oc1ccccc1)OC)n1ccc(=O)[nH]c1=O. The van der Waals surface area contributed by atoms with Crippen molar-refractivity contribution in [1.82, 2.24) is 14.6 Å². The van der Waals surface area contributed by atoms with Crippen molar-refractivity contribution in [2.75, 3.05) is 13.7 Å². The minimum Gasteiger partial charge on any atom is -0.494 e. The fourth-order valence-corrected chi connectivity index (χ4v) is 5.23. The fraction of sp³-hybridized carbons (Fsp3) is 0.481. The lowest BCUT2D eigenvalue weighted by Crippen LogP contribution is -2.45. The highest BCUT2D eigenvalue weighted by Gasteiger charge is 2.37. The van der Waals surface area contributed by atoms with Gasteiger partial charge in [0, 0.05) is 25.8 Å². The second-order valence-corrected chi connectivity index (χ2v) is 11.3. The van der Waals surface area contributed by atoms with Crippen molar-refractivity contribution in [3.63, 3.8) is 0 Å². The number of benzene rings is 1. The summed E-state index contributed by atoms with van der Waals surface area (Å²) in [4.78, 5) is 25.8. The molecule has 1 heterocycles. The van der Waals surface area contributed by atoms with E-state index in [1.165, 1.54) is 7.11 Å². The number of hydrogen-bond donors (Lipinski definition) is 3. The van der Waals surface area contributed by atoms with Gasteiger partial charge in [-0.2, -0.15) is 0 Å². The molecule has 1 aromatic heterocycles. The van der Waals surface area contributed by atoms with E-state index in [-0.39, 0.29) is 25.0 Å². The molecule has 214 valence electrons. The zero-order valence-corrected chi connectivity index (χ0v) is 23.9. The number of methoxy groups -OCH3 is 1.